The Hall–Kier alpha value is -1.14. The third-order valence-corrected chi connectivity index (χ3v) is 10.1. The number of likely N-dealkylation sites (tertiary alicyclic amines) is 1. The third-order valence-electron chi connectivity index (χ3n) is 10.1. The third kappa shape index (κ3) is 3.91. The van der Waals surface area contributed by atoms with Gasteiger partial charge >= 0.3 is 0 Å². The maximum atomic E-state index is 6.97. The number of ether oxygens (including phenoxy) is 2. The summed E-state index contributed by atoms with van der Waals surface area (Å²) in [6, 6.07) is 8.82. The average molecular weight is 468 g/mol. The molecule has 0 amide bonds. The molecule has 2 saturated heterocycles. The molecule has 34 heavy (non-hydrogen) atoms. The van der Waals surface area contributed by atoms with E-state index >= 15 is 0 Å². The highest BCUT2D eigenvalue weighted by atomic mass is 17.3. The van der Waals surface area contributed by atoms with Gasteiger partial charge in [-0.25, -0.2) is 0 Å². The van der Waals surface area contributed by atoms with Gasteiger partial charge in [-0.2, -0.15) is 9.78 Å². The van der Waals surface area contributed by atoms with E-state index in [0.717, 1.165) is 50.0 Å². The molecule has 2 atom stereocenters. The molecule has 0 radical (unpaired) electrons. The first-order chi connectivity index (χ1) is 16.7. The summed E-state index contributed by atoms with van der Waals surface area (Å²) in [6.07, 6.45) is 14.7. The summed E-state index contributed by atoms with van der Waals surface area (Å²) in [7, 11) is 0. The molecule has 1 aromatic rings. The Labute approximate surface area is 204 Å². The Bertz CT molecular complexity index is 837. The molecule has 2 spiro atoms. The Kier molecular flexibility index (Phi) is 5.69. The SMILES string of the molecule is c1cc([C@H]2CCC[C@]3(C2)OOC2(O3)C3CC4CC(C3)CC2C4)ccc1OCCN1CCCCC1. The van der Waals surface area contributed by atoms with Gasteiger partial charge in [0, 0.05) is 31.2 Å². The normalized spacial score (nSPS) is 43.7. The largest absolute Gasteiger partial charge is 0.492 e. The van der Waals surface area contributed by atoms with Crippen molar-refractivity contribution in [1.29, 1.82) is 0 Å². The molecule has 0 aromatic heterocycles. The quantitative estimate of drug-likeness (QED) is 0.494. The van der Waals surface area contributed by atoms with Gasteiger partial charge in [-0.15, -0.1) is 0 Å². The summed E-state index contributed by atoms with van der Waals surface area (Å²) in [5, 5.41) is 0. The van der Waals surface area contributed by atoms with Crippen molar-refractivity contribution in [2.24, 2.45) is 23.7 Å². The Morgan fingerprint density at radius 2 is 1.59 bits per heavy atom. The van der Waals surface area contributed by atoms with E-state index < -0.39 is 11.6 Å². The van der Waals surface area contributed by atoms with Gasteiger partial charge in [0.2, 0.25) is 11.6 Å². The van der Waals surface area contributed by atoms with Gasteiger partial charge < -0.3 is 9.47 Å². The number of benzene rings is 1. The van der Waals surface area contributed by atoms with E-state index in [2.05, 4.69) is 29.2 Å². The van der Waals surface area contributed by atoms with Crippen LogP contribution in [0.15, 0.2) is 24.3 Å². The monoisotopic (exact) mass is 467 g/mol. The van der Waals surface area contributed by atoms with Crippen LogP contribution in [-0.2, 0) is 14.5 Å². The van der Waals surface area contributed by atoms with Crippen LogP contribution in [0.5, 0.6) is 5.75 Å². The summed E-state index contributed by atoms with van der Waals surface area (Å²) in [6.45, 7) is 4.26. The molecule has 0 unspecified atom stereocenters. The van der Waals surface area contributed by atoms with Crippen molar-refractivity contribution in [3.05, 3.63) is 29.8 Å². The molecule has 5 heteroatoms. The number of hydrogen-bond acceptors (Lipinski definition) is 5. The summed E-state index contributed by atoms with van der Waals surface area (Å²) in [4.78, 5) is 15.0. The van der Waals surface area contributed by atoms with Crippen molar-refractivity contribution < 1.29 is 19.2 Å². The highest BCUT2D eigenvalue weighted by Gasteiger charge is 2.67. The number of rotatable bonds is 5. The molecule has 7 fully saturated rings. The predicted octanol–water partition coefficient (Wildman–Crippen LogP) is 6.04. The maximum Gasteiger partial charge on any atom is 0.210 e. The number of nitrogens with zero attached hydrogens (tertiary/aromatic N) is 1. The Morgan fingerprint density at radius 1 is 0.853 bits per heavy atom. The van der Waals surface area contributed by atoms with Gasteiger partial charge in [0.15, 0.2) is 0 Å². The summed E-state index contributed by atoms with van der Waals surface area (Å²) >= 11 is 0. The van der Waals surface area contributed by atoms with Crippen LogP contribution in [0.4, 0.5) is 0 Å². The molecule has 8 rings (SSSR count). The van der Waals surface area contributed by atoms with E-state index in [-0.39, 0.29) is 0 Å². The molecular weight excluding hydrogens is 426 g/mol. The van der Waals surface area contributed by atoms with Crippen LogP contribution in [-0.4, -0.2) is 42.7 Å². The van der Waals surface area contributed by atoms with Gasteiger partial charge in [0.1, 0.15) is 12.4 Å². The zero-order valence-corrected chi connectivity index (χ0v) is 20.6. The van der Waals surface area contributed by atoms with E-state index in [4.69, 9.17) is 19.2 Å². The fourth-order valence-corrected chi connectivity index (χ4v) is 8.57. The first-order valence-electron chi connectivity index (χ1n) is 14.2. The summed E-state index contributed by atoms with van der Waals surface area (Å²) in [5.74, 6) is 3.29. The lowest BCUT2D eigenvalue weighted by Crippen LogP contribution is -2.59. The molecular formula is C29H41NO4. The first-order valence-corrected chi connectivity index (χ1v) is 14.2. The Morgan fingerprint density at radius 3 is 2.32 bits per heavy atom. The minimum atomic E-state index is -0.554. The van der Waals surface area contributed by atoms with Gasteiger partial charge in [-0.1, -0.05) is 18.6 Å². The van der Waals surface area contributed by atoms with Crippen molar-refractivity contribution in [3.8, 4) is 5.75 Å². The first kappa shape index (κ1) is 22.1. The van der Waals surface area contributed by atoms with E-state index in [0.29, 0.717) is 17.8 Å². The molecule has 2 heterocycles. The second-order valence-corrected chi connectivity index (χ2v) is 12.3. The molecule has 0 N–H and O–H groups in total. The van der Waals surface area contributed by atoms with Crippen molar-refractivity contribution in [2.75, 3.05) is 26.2 Å². The van der Waals surface area contributed by atoms with E-state index in [1.165, 1.54) is 76.4 Å². The lowest BCUT2D eigenvalue weighted by Gasteiger charge is -2.57. The van der Waals surface area contributed by atoms with Crippen LogP contribution in [0.25, 0.3) is 0 Å². The molecule has 1 aromatic carbocycles. The van der Waals surface area contributed by atoms with Crippen LogP contribution < -0.4 is 4.74 Å². The van der Waals surface area contributed by atoms with Crippen molar-refractivity contribution in [3.63, 3.8) is 0 Å². The van der Waals surface area contributed by atoms with Crippen LogP contribution in [0, 0.1) is 23.7 Å². The summed E-state index contributed by atoms with van der Waals surface area (Å²) in [5.41, 5.74) is 1.38. The highest BCUT2D eigenvalue weighted by molar-refractivity contribution is 5.30. The molecule has 2 aliphatic heterocycles. The predicted molar refractivity (Wildman–Crippen MR) is 129 cm³/mol. The van der Waals surface area contributed by atoms with Crippen LogP contribution in [0.3, 0.4) is 0 Å². The van der Waals surface area contributed by atoms with Gasteiger partial charge in [0.05, 0.1) is 0 Å². The smallest absolute Gasteiger partial charge is 0.210 e. The van der Waals surface area contributed by atoms with Gasteiger partial charge in [0.25, 0.3) is 0 Å². The molecule has 7 aliphatic rings. The summed E-state index contributed by atoms with van der Waals surface area (Å²) < 4.78 is 13.0. The topological polar surface area (TPSA) is 40.2 Å². The van der Waals surface area contributed by atoms with E-state index in [1.807, 2.05) is 0 Å². The van der Waals surface area contributed by atoms with Crippen LogP contribution >= 0.6 is 0 Å². The molecule has 186 valence electrons. The Balaban J connectivity index is 0.981. The second-order valence-electron chi connectivity index (χ2n) is 12.3. The fourth-order valence-electron chi connectivity index (χ4n) is 8.57. The zero-order chi connectivity index (χ0) is 22.6. The van der Waals surface area contributed by atoms with E-state index in [1.54, 1.807) is 0 Å². The maximum absolute atomic E-state index is 6.97. The molecule has 5 nitrogen and oxygen atoms in total. The second kappa shape index (κ2) is 8.76. The standard InChI is InChI=1S/C29H41NO4/c1-2-11-30(12-3-1)13-14-31-27-8-6-23(7-9-27)24-5-4-10-28(20-24)32-29(34-33-28)25-16-21-15-22(18-25)19-26(29)17-21/h6-9,21-22,24-26H,1-5,10-20H2/t21?,22?,24-,25?,26?,28+,29?/m0/s1. The average Bonchev–Trinajstić information content (AvgIpc) is 3.22. The van der Waals surface area contributed by atoms with Gasteiger partial charge in [-0.05, 0) is 106 Å². The van der Waals surface area contributed by atoms with Crippen molar-refractivity contribution in [1.82, 2.24) is 4.90 Å². The molecule has 5 aliphatic carbocycles. The molecule has 4 bridgehead atoms. The van der Waals surface area contributed by atoms with Crippen molar-refractivity contribution in [2.45, 2.75) is 94.5 Å². The minimum Gasteiger partial charge on any atom is -0.492 e. The number of hydrogen-bond donors (Lipinski definition) is 0. The zero-order valence-electron chi connectivity index (χ0n) is 20.6. The highest BCUT2D eigenvalue weighted by Crippen LogP contribution is 2.64. The minimum absolute atomic E-state index is 0.451. The van der Waals surface area contributed by atoms with E-state index in [9.17, 15) is 0 Å². The lowest BCUT2D eigenvalue weighted by molar-refractivity contribution is -0.390. The van der Waals surface area contributed by atoms with Crippen LogP contribution in [0.2, 0.25) is 0 Å². The molecule has 5 saturated carbocycles. The fraction of sp³-hybridized carbons (Fsp3) is 0.793. The van der Waals surface area contributed by atoms with Crippen LogP contribution in [0.1, 0.15) is 88.5 Å². The lowest BCUT2D eigenvalue weighted by atomic mass is 9.53. The van der Waals surface area contributed by atoms with Gasteiger partial charge in [-0.3, -0.25) is 4.90 Å². The number of piperidine rings is 1. The van der Waals surface area contributed by atoms with Crippen molar-refractivity contribution >= 4 is 0 Å².